The molecular weight excluding hydrogens is 387 g/mol. The number of hydrogen-bond acceptors (Lipinski definition) is 5. The molecule has 158 valence electrons. The first kappa shape index (κ1) is 19.8. The first-order valence-corrected chi connectivity index (χ1v) is 9.98. The molecule has 1 fully saturated rings. The predicted octanol–water partition coefficient (Wildman–Crippen LogP) is 3.87. The van der Waals surface area contributed by atoms with E-state index in [1.807, 2.05) is 6.92 Å². The van der Waals surface area contributed by atoms with Crippen LogP contribution in [0.25, 0.3) is 0 Å². The van der Waals surface area contributed by atoms with Crippen LogP contribution < -0.4 is 5.32 Å². The van der Waals surface area contributed by atoms with Gasteiger partial charge in [0, 0.05) is 37.6 Å². The van der Waals surface area contributed by atoms with Crippen molar-refractivity contribution >= 4 is 11.7 Å². The SMILES string of the molecule is CC[C@@H]1C[C@H](C(F)(F)F)n2nc(C3CCCN3C(=O)CCc3ccno3)cc2N1. The smallest absolute Gasteiger partial charge is 0.367 e. The Labute approximate surface area is 166 Å². The van der Waals surface area contributed by atoms with Gasteiger partial charge in [0.15, 0.2) is 6.04 Å². The summed E-state index contributed by atoms with van der Waals surface area (Å²) in [5.41, 5.74) is 0.518. The molecule has 1 unspecified atom stereocenters. The number of aryl methyl sites for hydroxylation is 1. The number of nitrogens with one attached hydrogen (secondary N) is 1. The van der Waals surface area contributed by atoms with Crippen LogP contribution in [0.15, 0.2) is 22.9 Å². The summed E-state index contributed by atoms with van der Waals surface area (Å²) in [6, 6.07) is 1.20. The zero-order valence-electron chi connectivity index (χ0n) is 16.2. The van der Waals surface area contributed by atoms with Gasteiger partial charge < -0.3 is 14.7 Å². The van der Waals surface area contributed by atoms with E-state index in [-0.39, 0.29) is 30.8 Å². The third-order valence-electron chi connectivity index (χ3n) is 5.77. The molecule has 0 radical (unpaired) electrons. The summed E-state index contributed by atoms with van der Waals surface area (Å²) in [6.07, 6.45) is -0.0792. The number of carbonyl (C=O) groups is 1. The minimum Gasteiger partial charge on any atom is -0.367 e. The van der Waals surface area contributed by atoms with Crippen molar-refractivity contribution in [2.75, 3.05) is 11.9 Å². The van der Waals surface area contributed by atoms with Gasteiger partial charge in [0.05, 0.1) is 17.9 Å². The molecule has 0 spiro atoms. The molecule has 4 rings (SSSR count). The molecule has 7 nitrogen and oxygen atoms in total. The fourth-order valence-corrected chi connectivity index (χ4v) is 4.22. The van der Waals surface area contributed by atoms with Gasteiger partial charge in [-0.1, -0.05) is 12.1 Å². The first-order valence-electron chi connectivity index (χ1n) is 9.98. The molecule has 2 aromatic heterocycles. The van der Waals surface area contributed by atoms with Crippen molar-refractivity contribution in [2.45, 2.75) is 69.8 Å². The minimum atomic E-state index is -4.37. The Kier molecular flexibility index (Phi) is 5.26. The van der Waals surface area contributed by atoms with Crippen molar-refractivity contribution in [2.24, 2.45) is 0 Å². The van der Waals surface area contributed by atoms with E-state index < -0.39 is 12.2 Å². The van der Waals surface area contributed by atoms with E-state index in [1.165, 1.54) is 6.20 Å². The van der Waals surface area contributed by atoms with Gasteiger partial charge in [0.1, 0.15) is 11.6 Å². The molecule has 2 aliphatic heterocycles. The third kappa shape index (κ3) is 3.97. The van der Waals surface area contributed by atoms with Crippen LogP contribution in [0, 0.1) is 0 Å². The molecule has 4 heterocycles. The Hall–Kier alpha value is -2.52. The Morgan fingerprint density at radius 2 is 2.24 bits per heavy atom. The number of anilines is 1. The monoisotopic (exact) mass is 411 g/mol. The number of aromatic nitrogens is 3. The molecule has 3 atom stereocenters. The number of hydrogen-bond donors (Lipinski definition) is 1. The standard InChI is InChI=1S/C19H24F3N5O2/c1-2-12-10-16(19(20,21)22)27-17(24-12)11-14(25-27)15-4-3-9-26(15)18(28)6-5-13-7-8-23-29-13/h7-8,11-12,15-16,24H,2-6,9-10H2,1H3/t12-,15?,16-/m1/s1. The van der Waals surface area contributed by atoms with Crippen LogP contribution in [-0.4, -0.2) is 44.5 Å². The lowest BCUT2D eigenvalue weighted by Gasteiger charge is -2.32. The lowest BCUT2D eigenvalue weighted by atomic mass is 10.0. The molecule has 0 bridgehead atoms. The van der Waals surface area contributed by atoms with Crippen LogP contribution in [0.1, 0.15) is 62.6 Å². The van der Waals surface area contributed by atoms with Crippen LogP contribution in [0.4, 0.5) is 19.0 Å². The second kappa shape index (κ2) is 7.72. The summed E-state index contributed by atoms with van der Waals surface area (Å²) >= 11 is 0. The molecule has 0 aromatic carbocycles. The largest absolute Gasteiger partial charge is 0.410 e. The summed E-state index contributed by atoms with van der Waals surface area (Å²) in [5.74, 6) is 0.956. The van der Waals surface area contributed by atoms with Crippen molar-refractivity contribution in [3.63, 3.8) is 0 Å². The fourth-order valence-electron chi connectivity index (χ4n) is 4.22. The average Bonchev–Trinajstić information content (AvgIpc) is 3.43. The van der Waals surface area contributed by atoms with Crippen LogP contribution in [0.5, 0.6) is 0 Å². The number of halogens is 3. The third-order valence-corrected chi connectivity index (χ3v) is 5.77. The molecule has 1 saturated heterocycles. The highest BCUT2D eigenvalue weighted by atomic mass is 19.4. The van der Waals surface area contributed by atoms with Gasteiger partial charge >= 0.3 is 6.18 Å². The summed E-state index contributed by atoms with van der Waals surface area (Å²) in [7, 11) is 0. The van der Waals surface area contributed by atoms with Crippen LogP contribution in [0.3, 0.4) is 0 Å². The maximum Gasteiger partial charge on any atom is 0.410 e. The number of nitrogens with zero attached hydrogens (tertiary/aromatic N) is 4. The number of likely N-dealkylation sites (tertiary alicyclic amines) is 1. The molecule has 29 heavy (non-hydrogen) atoms. The summed E-state index contributed by atoms with van der Waals surface area (Å²) in [4.78, 5) is 14.4. The van der Waals surface area contributed by atoms with Crippen LogP contribution in [-0.2, 0) is 11.2 Å². The number of alkyl halides is 3. The molecule has 10 heteroatoms. The molecule has 0 saturated carbocycles. The van der Waals surface area contributed by atoms with Crippen molar-refractivity contribution in [3.8, 4) is 0 Å². The molecule has 1 amide bonds. The van der Waals surface area contributed by atoms with Crippen molar-refractivity contribution < 1.29 is 22.5 Å². The van der Waals surface area contributed by atoms with Gasteiger partial charge in [-0.25, -0.2) is 4.68 Å². The van der Waals surface area contributed by atoms with Gasteiger partial charge in [-0.2, -0.15) is 18.3 Å². The highest BCUT2D eigenvalue weighted by Crippen LogP contribution is 2.42. The van der Waals surface area contributed by atoms with Gasteiger partial charge in [0.2, 0.25) is 5.91 Å². The van der Waals surface area contributed by atoms with Crippen molar-refractivity contribution in [3.05, 3.63) is 29.8 Å². The highest BCUT2D eigenvalue weighted by Gasteiger charge is 2.46. The molecule has 1 N–H and O–H groups in total. The quantitative estimate of drug-likeness (QED) is 0.809. The second-order valence-electron chi connectivity index (χ2n) is 7.67. The minimum absolute atomic E-state index is 0.0430. The number of rotatable bonds is 5. The molecule has 0 aliphatic carbocycles. The predicted molar refractivity (Wildman–Crippen MR) is 98.1 cm³/mol. The number of carbonyl (C=O) groups excluding carboxylic acids is 1. The van der Waals surface area contributed by atoms with Crippen LogP contribution in [0.2, 0.25) is 0 Å². The topological polar surface area (TPSA) is 76.2 Å². The van der Waals surface area contributed by atoms with E-state index in [0.717, 1.165) is 11.1 Å². The van der Waals surface area contributed by atoms with Gasteiger partial charge in [-0.15, -0.1) is 0 Å². The van der Waals surface area contributed by atoms with Gasteiger partial charge in [0.25, 0.3) is 0 Å². The normalized spacial score (nSPS) is 24.4. The van der Waals surface area contributed by atoms with Gasteiger partial charge in [-0.05, 0) is 25.7 Å². The second-order valence-corrected chi connectivity index (χ2v) is 7.67. The van der Waals surface area contributed by atoms with E-state index in [1.54, 1.807) is 17.0 Å². The van der Waals surface area contributed by atoms with E-state index in [0.29, 0.717) is 43.1 Å². The average molecular weight is 411 g/mol. The summed E-state index contributed by atoms with van der Waals surface area (Å²) in [5, 5.41) is 11.1. The summed E-state index contributed by atoms with van der Waals surface area (Å²) < 4.78 is 46.8. The fraction of sp³-hybridized carbons (Fsp3) is 0.632. The Morgan fingerprint density at radius 3 is 2.93 bits per heavy atom. The molecule has 2 aliphatic rings. The lowest BCUT2D eigenvalue weighted by Crippen LogP contribution is -2.39. The van der Waals surface area contributed by atoms with E-state index in [4.69, 9.17) is 4.52 Å². The van der Waals surface area contributed by atoms with E-state index in [2.05, 4.69) is 15.6 Å². The summed E-state index contributed by atoms with van der Waals surface area (Å²) in [6.45, 7) is 2.44. The maximum atomic E-state index is 13.6. The van der Waals surface area contributed by atoms with Crippen molar-refractivity contribution in [1.82, 2.24) is 19.8 Å². The first-order chi connectivity index (χ1) is 13.9. The zero-order valence-corrected chi connectivity index (χ0v) is 16.2. The molecule has 2 aromatic rings. The zero-order chi connectivity index (χ0) is 20.6. The van der Waals surface area contributed by atoms with Gasteiger partial charge in [-0.3, -0.25) is 4.79 Å². The lowest BCUT2D eigenvalue weighted by molar-refractivity contribution is -0.173. The number of amides is 1. The number of fused-ring (bicyclic) bond motifs is 1. The van der Waals surface area contributed by atoms with E-state index in [9.17, 15) is 18.0 Å². The maximum absolute atomic E-state index is 13.6. The Morgan fingerprint density at radius 1 is 1.41 bits per heavy atom. The van der Waals surface area contributed by atoms with Crippen molar-refractivity contribution in [1.29, 1.82) is 0 Å². The Balaban J connectivity index is 1.53. The highest BCUT2D eigenvalue weighted by molar-refractivity contribution is 5.77. The molecular formula is C19H24F3N5O2. The van der Waals surface area contributed by atoms with Crippen LogP contribution >= 0.6 is 0 Å². The van der Waals surface area contributed by atoms with E-state index >= 15 is 0 Å². The Bertz CT molecular complexity index is 849.